The van der Waals surface area contributed by atoms with Crippen LogP contribution in [0.15, 0.2) is 46.1 Å². The summed E-state index contributed by atoms with van der Waals surface area (Å²) in [5, 5.41) is 6.22. The molecule has 0 saturated heterocycles. The molecule has 0 saturated carbocycles. The van der Waals surface area contributed by atoms with E-state index in [1.54, 1.807) is 18.4 Å². The second-order valence-corrected chi connectivity index (χ2v) is 5.02. The third kappa shape index (κ3) is 3.01. The average Bonchev–Trinajstić information content (AvgIpc) is 2.38. The van der Waals surface area contributed by atoms with Gasteiger partial charge in [-0.3, -0.25) is 9.00 Å². The Kier molecular flexibility index (Phi) is 3.84. The first-order valence-electron chi connectivity index (χ1n) is 5.33. The minimum absolute atomic E-state index is 0.234. The number of H-pyrrole nitrogens is 1. The lowest BCUT2D eigenvalue weighted by molar-refractivity contribution is 0.686. The molecule has 1 heterocycles. The summed E-state index contributed by atoms with van der Waals surface area (Å²) < 4.78 is 11.5. The fourth-order valence-electron chi connectivity index (χ4n) is 1.50. The first-order valence-corrected chi connectivity index (χ1v) is 6.89. The third-order valence-electron chi connectivity index (χ3n) is 2.36. The van der Waals surface area contributed by atoms with Crippen molar-refractivity contribution >= 4 is 23.0 Å². The van der Waals surface area contributed by atoms with Gasteiger partial charge in [0.15, 0.2) is 0 Å². The van der Waals surface area contributed by atoms with Crippen LogP contribution in [0.2, 0.25) is 0 Å². The van der Waals surface area contributed by atoms with Crippen LogP contribution < -0.4 is 5.56 Å². The molecule has 0 spiro atoms. The van der Waals surface area contributed by atoms with E-state index in [1.165, 1.54) is 6.07 Å². The highest BCUT2D eigenvalue weighted by atomic mass is 32.2. The van der Waals surface area contributed by atoms with E-state index in [4.69, 9.17) is 0 Å². The predicted molar refractivity (Wildman–Crippen MR) is 72.6 cm³/mol. The Morgan fingerprint density at radius 3 is 2.61 bits per heavy atom. The van der Waals surface area contributed by atoms with Crippen LogP contribution in [0.1, 0.15) is 11.3 Å². The van der Waals surface area contributed by atoms with Crippen molar-refractivity contribution < 1.29 is 4.21 Å². The van der Waals surface area contributed by atoms with Crippen molar-refractivity contribution in [2.24, 2.45) is 0 Å². The van der Waals surface area contributed by atoms with Crippen molar-refractivity contribution in [1.29, 1.82) is 0 Å². The Bertz CT molecular complexity index is 642. The fourth-order valence-corrected chi connectivity index (χ4v) is 2.24. The van der Waals surface area contributed by atoms with E-state index in [1.807, 2.05) is 30.3 Å². The van der Waals surface area contributed by atoms with Gasteiger partial charge in [-0.05, 0) is 23.8 Å². The van der Waals surface area contributed by atoms with Crippen LogP contribution in [-0.4, -0.2) is 20.7 Å². The van der Waals surface area contributed by atoms with Crippen LogP contribution in [0.25, 0.3) is 12.2 Å². The van der Waals surface area contributed by atoms with Crippen LogP contribution >= 0.6 is 0 Å². The molecule has 5 heteroatoms. The Morgan fingerprint density at radius 2 is 1.94 bits per heavy atom. The van der Waals surface area contributed by atoms with E-state index in [0.717, 1.165) is 10.5 Å². The second-order valence-electron chi connectivity index (χ2n) is 3.67. The van der Waals surface area contributed by atoms with E-state index < -0.39 is 10.8 Å². The Labute approximate surface area is 107 Å². The predicted octanol–water partition coefficient (Wildman–Crippen LogP) is 1.68. The molecule has 92 valence electrons. The maximum Gasteiger partial charge on any atom is 0.264 e. The number of hydrogen-bond acceptors (Lipinski definition) is 3. The van der Waals surface area contributed by atoms with E-state index in [-0.39, 0.29) is 5.56 Å². The molecule has 18 heavy (non-hydrogen) atoms. The first-order chi connectivity index (χ1) is 8.66. The largest absolute Gasteiger partial charge is 0.268 e. The molecule has 0 bridgehead atoms. The zero-order valence-electron chi connectivity index (χ0n) is 9.79. The van der Waals surface area contributed by atoms with Gasteiger partial charge in [0, 0.05) is 17.2 Å². The topological polar surface area (TPSA) is 62.8 Å². The monoisotopic (exact) mass is 260 g/mol. The Balaban J connectivity index is 2.31. The summed E-state index contributed by atoms with van der Waals surface area (Å²) in [6.45, 7) is 0. The van der Waals surface area contributed by atoms with E-state index >= 15 is 0 Å². The van der Waals surface area contributed by atoms with Gasteiger partial charge in [-0.1, -0.05) is 24.3 Å². The van der Waals surface area contributed by atoms with Gasteiger partial charge >= 0.3 is 0 Å². The maximum absolute atomic E-state index is 11.5. The molecule has 1 N–H and O–H groups in total. The maximum atomic E-state index is 11.5. The smallest absolute Gasteiger partial charge is 0.264 e. The lowest BCUT2D eigenvalue weighted by Crippen LogP contribution is -2.05. The average molecular weight is 260 g/mol. The number of nitrogens with one attached hydrogen (secondary N) is 1. The summed E-state index contributed by atoms with van der Waals surface area (Å²) in [4.78, 5) is 11.6. The minimum Gasteiger partial charge on any atom is -0.268 e. The molecule has 0 fully saturated rings. The summed E-state index contributed by atoms with van der Waals surface area (Å²) in [6.07, 6.45) is 5.24. The van der Waals surface area contributed by atoms with Crippen LogP contribution in [-0.2, 0) is 10.8 Å². The molecular formula is C13H12N2O2S. The van der Waals surface area contributed by atoms with Crippen molar-refractivity contribution in [3.05, 3.63) is 58.0 Å². The molecule has 0 radical (unpaired) electrons. The summed E-state index contributed by atoms with van der Waals surface area (Å²) >= 11 is 0. The number of aromatic amines is 1. The van der Waals surface area contributed by atoms with Gasteiger partial charge < -0.3 is 0 Å². The quantitative estimate of drug-likeness (QED) is 0.913. The minimum atomic E-state index is -1.03. The number of nitrogens with zero attached hydrogens (tertiary/aromatic N) is 1. The van der Waals surface area contributed by atoms with E-state index in [9.17, 15) is 9.00 Å². The highest BCUT2D eigenvalue weighted by Crippen LogP contribution is 2.15. The summed E-state index contributed by atoms with van der Waals surface area (Å²) in [5.41, 5.74) is 1.29. The Morgan fingerprint density at radius 1 is 1.17 bits per heavy atom. The molecule has 1 aromatic carbocycles. The fraction of sp³-hybridized carbons (Fsp3) is 0.0769. The number of rotatable bonds is 3. The van der Waals surface area contributed by atoms with Gasteiger partial charge in [-0.2, -0.15) is 5.10 Å². The summed E-state index contributed by atoms with van der Waals surface area (Å²) in [5.74, 6) is 0. The molecule has 4 nitrogen and oxygen atoms in total. The van der Waals surface area contributed by atoms with Crippen molar-refractivity contribution in [2.75, 3.05) is 6.26 Å². The first kappa shape index (κ1) is 12.4. The lowest BCUT2D eigenvalue weighted by atomic mass is 10.2. The van der Waals surface area contributed by atoms with Crippen LogP contribution in [0, 0.1) is 0 Å². The molecule has 0 aliphatic carbocycles. The summed E-state index contributed by atoms with van der Waals surface area (Å²) in [7, 11) is -1.03. The van der Waals surface area contributed by atoms with Gasteiger partial charge in [0.1, 0.15) is 0 Å². The number of benzene rings is 1. The van der Waals surface area contributed by atoms with Gasteiger partial charge in [0.2, 0.25) is 0 Å². The van der Waals surface area contributed by atoms with Gasteiger partial charge in [-0.25, -0.2) is 5.10 Å². The molecule has 0 aliphatic rings. The highest BCUT2D eigenvalue weighted by molar-refractivity contribution is 7.84. The van der Waals surface area contributed by atoms with Gasteiger partial charge in [-0.15, -0.1) is 0 Å². The number of hydrogen-bond donors (Lipinski definition) is 1. The van der Waals surface area contributed by atoms with E-state index in [0.29, 0.717) is 5.69 Å². The highest BCUT2D eigenvalue weighted by Gasteiger charge is 2.01. The van der Waals surface area contributed by atoms with E-state index in [2.05, 4.69) is 10.2 Å². The van der Waals surface area contributed by atoms with Crippen molar-refractivity contribution in [1.82, 2.24) is 10.2 Å². The van der Waals surface area contributed by atoms with Crippen molar-refractivity contribution in [3.63, 3.8) is 0 Å². The van der Waals surface area contributed by atoms with Crippen LogP contribution in [0.5, 0.6) is 0 Å². The molecule has 1 aromatic heterocycles. The van der Waals surface area contributed by atoms with Crippen molar-refractivity contribution in [3.8, 4) is 0 Å². The molecule has 2 rings (SSSR count). The molecule has 0 amide bonds. The molecular weight excluding hydrogens is 248 g/mol. The van der Waals surface area contributed by atoms with Crippen LogP contribution in [0.4, 0.5) is 0 Å². The molecule has 2 aromatic rings. The standard InChI is InChI=1S/C13H12N2O2S/c1-18(17)12-5-3-2-4-10(12)6-7-11-8-9-13(16)15-14-11/h2-9H,1H3,(H,15,16). The molecule has 1 atom stereocenters. The van der Waals surface area contributed by atoms with Crippen molar-refractivity contribution in [2.45, 2.75) is 4.90 Å². The number of aromatic nitrogens is 2. The van der Waals surface area contributed by atoms with Gasteiger partial charge in [0.05, 0.1) is 16.5 Å². The van der Waals surface area contributed by atoms with Gasteiger partial charge in [0.25, 0.3) is 5.56 Å². The zero-order valence-corrected chi connectivity index (χ0v) is 10.6. The second kappa shape index (κ2) is 5.55. The third-order valence-corrected chi connectivity index (χ3v) is 3.35. The molecule has 1 unspecified atom stereocenters. The lowest BCUT2D eigenvalue weighted by Gasteiger charge is -2.01. The normalized spacial score (nSPS) is 12.7. The zero-order chi connectivity index (χ0) is 13.0. The Hall–Kier alpha value is -2.01. The SMILES string of the molecule is CS(=O)c1ccccc1C=Cc1ccc(=O)[nH]n1. The molecule has 0 aliphatic heterocycles. The summed E-state index contributed by atoms with van der Waals surface area (Å²) in [6, 6.07) is 10.5. The van der Waals surface area contributed by atoms with Crippen LogP contribution in [0.3, 0.4) is 0 Å².